The molecule has 0 aliphatic carbocycles. The summed E-state index contributed by atoms with van der Waals surface area (Å²) in [6, 6.07) is 11.4. The maximum Gasteiger partial charge on any atom is 0.339 e. The Bertz CT molecular complexity index is 466. The van der Waals surface area contributed by atoms with Gasteiger partial charge in [0.2, 0.25) is 0 Å². The van der Waals surface area contributed by atoms with E-state index < -0.39 is 17.5 Å². The zero-order valence-corrected chi connectivity index (χ0v) is 12.3. The fourth-order valence-electron chi connectivity index (χ4n) is 2.01. The highest BCUT2D eigenvalue weighted by molar-refractivity contribution is 5.76. The fraction of sp³-hybridized carbons (Fsp3) is 0.500. The Morgan fingerprint density at radius 1 is 1.40 bits per heavy atom. The van der Waals surface area contributed by atoms with Gasteiger partial charge in [-0.05, 0) is 18.9 Å². The van der Waals surface area contributed by atoms with Crippen LogP contribution in [0, 0.1) is 16.7 Å². The van der Waals surface area contributed by atoms with Crippen molar-refractivity contribution in [3.63, 3.8) is 0 Å². The lowest BCUT2D eigenvalue weighted by atomic mass is 9.88. The van der Waals surface area contributed by atoms with Gasteiger partial charge in [0.05, 0.1) is 11.5 Å². The molecule has 1 aromatic carbocycles. The van der Waals surface area contributed by atoms with E-state index >= 15 is 0 Å². The molecule has 0 aliphatic heterocycles. The molecule has 108 valence electrons. The average Bonchev–Trinajstić information content (AvgIpc) is 2.47. The molecule has 1 aromatic rings. The highest BCUT2D eigenvalue weighted by Crippen LogP contribution is 2.24. The summed E-state index contributed by atoms with van der Waals surface area (Å²) < 4.78 is 10.5. The van der Waals surface area contributed by atoms with Crippen molar-refractivity contribution in [1.82, 2.24) is 0 Å². The third-order valence-corrected chi connectivity index (χ3v) is 3.16. The summed E-state index contributed by atoms with van der Waals surface area (Å²) in [5.41, 5.74) is 0.105. The third kappa shape index (κ3) is 4.36. The van der Waals surface area contributed by atoms with Crippen LogP contribution in [0.3, 0.4) is 0 Å². The number of hydrogen-bond acceptors (Lipinski definition) is 4. The number of ether oxygens (including phenoxy) is 2. The van der Waals surface area contributed by atoms with Crippen LogP contribution in [-0.2, 0) is 14.3 Å². The Kier molecular flexibility index (Phi) is 6.20. The first-order valence-corrected chi connectivity index (χ1v) is 6.72. The molecule has 0 heterocycles. The zero-order chi connectivity index (χ0) is 15.0. The van der Waals surface area contributed by atoms with E-state index in [1.165, 1.54) is 7.11 Å². The molecule has 0 radical (unpaired) electrons. The second-order valence-electron chi connectivity index (χ2n) is 5.06. The molecule has 4 heteroatoms. The van der Waals surface area contributed by atoms with Crippen molar-refractivity contribution in [1.29, 1.82) is 5.26 Å². The predicted octanol–water partition coefficient (Wildman–Crippen LogP) is 3.25. The van der Waals surface area contributed by atoms with Gasteiger partial charge in [-0.3, -0.25) is 0 Å². The lowest BCUT2D eigenvalue weighted by molar-refractivity contribution is -0.158. The van der Waals surface area contributed by atoms with Crippen molar-refractivity contribution in [3.8, 4) is 6.07 Å². The topological polar surface area (TPSA) is 59.3 Å². The smallest absolute Gasteiger partial charge is 0.339 e. The monoisotopic (exact) mass is 275 g/mol. The first-order valence-electron chi connectivity index (χ1n) is 6.72. The molecule has 0 unspecified atom stereocenters. The number of carbonyl (C=O) groups is 1. The number of rotatable bonds is 7. The minimum absolute atomic E-state index is 0.0862. The van der Waals surface area contributed by atoms with Crippen molar-refractivity contribution >= 4 is 5.97 Å². The van der Waals surface area contributed by atoms with E-state index in [1.54, 1.807) is 6.92 Å². The number of nitrogens with zero attached hydrogens (tertiary/aromatic N) is 1. The number of esters is 1. The van der Waals surface area contributed by atoms with E-state index in [-0.39, 0.29) is 6.61 Å². The standard InChI is InChI=1S/C16H21NO3/c1-4-10-16(2,11-17)12-20-15(18)14(19-3)13-8-6-5-7-9-13/h5-9,14H,4,10,12H2,1-3H3/t14-,16+/m0/s1. The normalized spacial score (nSPS) is 14.9. The molecule has 0 spiro atoms. The number of carbonyl (C=O) groups excluding carboxylic acids is 1. The van der Waals surface area contributed by atoms with Gasteiger partial charge < -0.3 is 9.47 Å². The Hall–Kier alpha value is -1.86. The maximum absolute atomic E-state index is 12.1. The number of hydrogen-bond donors (Lipinski definition) is 0. The quantitative estimate of drug-likeness (QED) is 0.717. The molecular weight excluding hydrogens is 254 g/mol. The second kappa shape index (κ2) is 7.66. The summed E-state index contributed by atoms with van der Waals surface area (Å²) in [5, 5.41) is 9.17. The van der Waals surface area contributed by atoms with Crippen LogP contribution in [0.25, 0.3) is 0 Å². The number of nitriles is 1. The highest BCUT2D eigenvalue weighted by Gasteiger charge is 2.28. The van der Waals surface area contributed by atoms with Gasteiger partial charge in [0.25, 0.3) is 0 Å². The molecule has 0 aromatic heterocycles. The summed E-state index contributed by atoms with van der Waals surface area (Å²) in [6.45, 7) is 3.89. The molecule has 4 nitrogen and oxygen atoms in total. The van der Waals surface area contributed by atoms with Crippen molar-refractivity contribution < 1.29 is 14.3 Å². The van der Waals surface area contributed by atoms with Crippen molar-refractivity contribution in [2.75, 3.05) is 13.7 Å². The maximum atomic E-state index is 12.1. The lowest BCUT2D eigenvalue weighted by Gasteiger charge is -2.22. The van der Waals surface area contributed by atoms with Crippen LogP contribution in [0.4, 0.5) is 0 Å². The summed E-state index contributed by atoms with van der Waals surface area (Å²) in [6.07, 6.45) is 0.814. The molecule has 0 amide bonds. The van der Waals surface area contributed by atoms with Crippen LogP contribution < -0.4 is 0 Å². The molecule has 0 N–H and O–H groups in total. The molecule has 0 saturated carbocycles. The van der Waals surface area contributed by atoms with Gasteiger partial charge in [0.1, 0.15) is 6.61 Å². The van der Waals surface area contributed by atoms with Crippen LogP contribution in [0.15, 0.2) is 30.3 Å². The van der Waals surface area contributed by atoms with E-state index in [0.717, 1.165) is 12.0 Å². The molecule has 20 heavy (non-hydrogen) atoms. The van der Waals surface area contributed by atoms with Gasteiger partial charge in [0.15, 0.2) is 6.10 Å². The molecule has 0 saturated heterocycles. The van der Waals surface area contributed by atoms with Crippen LogP contribution >= 0.6 is 0 Å². The summed E-state index contributed by atoms with van der Waals surface area (Å²) in [7, 11) is 1.47. The van der Waals surface area contributed by atoms with Gasteiger partial charge in [-0.25, -0.2) is 4.79 Å². The average molecular weight is 275 g/mol. The SMILES string of the molecule is CCC[C@](C)(C#N)COC(=O)[C@@H](OC)c1ccccc1. The van der Waals surface area contributed by atoms with Crippen molar-refractivity contribution in [3.05, 3.63) is 35.9 Å². The van der Waals surface area contributed by atoms with Gasteiger partial charge in [-0.1, -0.05) is 43.7 Å². The molecule has 2 atom stereocenters. The number of methoxy groups -OCH3 is 1. The van der Waals surface area contributed by atoms with E-state index in [0.29, 0.717) is 6.42 Å². The van der Waals surface area contributed by atoms with Crippen LogP contribution in [-0.4, -0.2) is 19.7 Å². The van der Waals surface area contributed by atoms with E-state index in [4.69, 9.17) is 14.7 Å². The van der Waals surface area contributed by atoms with E-state index in [1.807, 2.05) is 37.3 Å². The lowest BCUT2D eigenvalue weighted by Crippen LogP contribution is -2.26. The Balaban J connectivity index is 2.68. The van der Waals surface area contributed by atoms with Crippen molar-refractivity contribution in [2.24, 2.45) is 5.41 Å². The predicted molar refractivity (Wildman–Crippen MR) is 75.8 cm³/mol. The summed E-state index contributed by atoms with van der Waals surface area (Å²) in [5.74, 6) is -0.462. The Morgan fingerprint density at radius 2 is 2.05 bits per heavy atom. The first-order chi connectivity index (χ1) is 9.56. The van der Waals surface area contributed by atoms with E-state index in [2.05, 4.69) is 6.07 Å². The van der Waals surface area contributed by atoms with Crippen molar-refractivity contribution in [2.45, 2.75) is 32.8 Å². The summed E-state index contributed by atoms with van der Waals surface area (Å²) in [4.78, 5) is 12.1. The van der Waals surface area contributed by atoms with Gasteiger partial charge >= 0.3 is 5.97 Å². The largest absolute Gasteiger partial charge is 0.462 e. The minimum Gasteiger partial charge on any atom is -0.462 e. The van der Waals surface area contributed by atoms with Crippen LogP contribution in [0.1, 0.15) is 38.4 Å². The van der Waals surface area contributed by atoms with E-state index in [9.17, 15) is 4.79 Å². The van der Waals surface area contributed by atoms with Gasteiger partial charge in [-0.15, -0.1) is 0 Å². The molecule has 0 fully saturated rings. The molecule has 0 aliphatic rings. The Morgan fingerprint density at radius 3 is 2.55 bits per heavy atom. The summed E-state index contributed by atoms with van der Waals surface area (Å²) >= 11 is 0. The van der Waals surface area contributed by atoms with Crippen LogP contribution in [0.2, 0.25) is 0 Å². The zero-order valence-electron chi connectivity index (χ0n) is 12.3. The van der Waals surface area contributed by atoms with Gasteiger partial charge in [-0.2, -0.15) is 5.26 Å². The second-order valence-corrected chi connectivity index (χ2v) is 5.06. The first kappa shape index (κ1) is 16.2. The Labute approximate surface area is 120 Å². The minimum atomic E-state index is -0.749. The third-order valence-electron chi connectivity index (χ3n) is 3.16. The molecule has 1 rings (SSSR count). The fourth-order valence-corrected chi connectivity index (χ4v) is 2.01. The van der Waals surface area contributed by atoms with Gasteiger partial charge in [0, 0.05) is 7.11 Å². The highest BCUT2D eigenvalue weighted by atomic mass is 16.6. The molecule has 0 bridgehead atoms. The van der Waals surface area contributed by atoms with Crippen LogP contribution in [0.5, 0.6) is 0 Å². The number of benzene rings is 1. The molecular formula is C16H21NO3.